The molecule has 1 aliphatic rings. The molecule has 6 nitrogen and oxygen atoms in total. The minimum absolute atomic E-state index is 0.210. The number of carbonyl (C=O) groups is 1. The second-order valence-electron chi connectivity index (χ2n) is 3.79. The minimum atomic E-state index is -0.428. The summed E-state index contributed by atoms with van der Waals surface area (Å²) in [6, 6.07) is 5.46. The number of nitrogens with one attached hydrogen (secondary N) is 2. The van der Waals surface area contributed by atoms with Crippen molar-refractivity contribution in [2.24, 2.45) is 0 Å². The van der Waals surface area contributed by atoms with Crippen LogP contribution in [0.4, 0.5) is 4.79 Å². The molecular formula is C12H16N2O4. The van der Waals surface area contributed by atoms with Crippen LogP contribution in [0.25, 0.3) is 0 Å². The molecule has 0 saturated heterocycles. The molecule has 0 aromatic heterocycles. The molecule has 0 saturated carbocycles. The topological polar surface area (TPSA) is 68.8 Å². The van der Waals surface area contributed by atoms with Gasteiger partial charge in [0.1, 0.15) is 6.61 Å². The smallest absolute Gasteiger partial charge is 0.407 e. The highest BCUT2D eigenvalue weighted by molar-refractivity contribution is 5.67. The Morgan fingerprint density at radius 2 is 2.17 bits per heavy atom. The largest absolute Gasteiger partial charge is 0.454 e. The number of carbonyl (C=O) groups excluding carboxylic acids is 1. The van der Waals surface area contributed by atoms with Gasteiger partial charge in [-0.1, -0.05) is 6.07 Å². The number of rotatable bonds is 5. The summed E-state index contributed by atoms with van der Waals surface area (Å²) in [7, 11) is 1.82. The van der Waals surface area contributed by atoms with Crippen molar-refractivity contribution in [2.45, 2.75) is 6.61 Å². The Labute approximate surface area is 105 Å². The molecule has 0 bridgehead atoms. The zero-order chi connectivity index (χ0) is 12.8. The molecule has 0 aliphatic carbocycles. The Kier molecular flexibility index (Phi) is 4.25. The fraction of sp³-hybridized carbons (Fsp3) is 0.417. The predicted octanol–water partition coefficient (Wildman–Crippen LogP) is 0.861. The number of alkyl carbamates (subject to hydrolysis) is 1. The van der Waals surface area contributed by atoms with E-state index in [1.807, 2.05) is 19.2 Å². The molecule has 1 aliphatic heterocycles. The maximum atomic E-state index is 11.3. The van der Waals surface area contributed by atoms with Crippen LogP contribution in [-0.2, 0) is 11.3 Å². The Hall–Kier alpha value is -1.95. The molecular weight excluding hydrogens is 236 g/mol. The van der Waals surface area contributed by atoms with E-state index in [1.165, 1.54) is 0 Å². The van der Waals surface area contributed by atoms with E-state index in [0.29, 0.717) is 18.8 Å². The summed E-state index contributed by atoms with van der Waals surface area (Å²) in [6.45, 7) is 1.70. The number of likely N-dealkylation sites (N-methyl/N-ethyl adjacent to an activating group) is 1. The minimum Gasteiger partial charge on any atom is -0.454 e. The lowest BCUT2D eigenvalue weighted by Gasteiger charge is -2.07. The first-order chi connectivity index (χ1) is 8.79. The fourth-order valence-corrected chi connectivity index (χ4v) is 1.52. The molecule has 0 atom stereocenters. The van der Waals surface area contributed by atoms with Gasteiger partial charge in [0.15, 0.2) is 11.5 Å². The average Bonchev–Trinajstić information content (AvgIpc) is 2.84. The highest BCUT2D eigenvalue weighted by Crippen LogP contribution is 2.32. The van der Waals surface area contributed by atoms with Crippen molar-refractivity contribution in [3.63, 3.8) is 0 Å². The van der Waals surface area contributed by atoms with E-state index in [1.54, 1.807) is 6.07 Å². The first-order valence-corrected chi connectivity index (χ1v) is 5.73. The molecule has 1 aromatic rings. The monoisotopic (exact) mass is 252 g/mol. The first kappa shape index (κ1) is 12.5. The molecule has 2 rings (SSSR count). The Balaban J connectivity index is 1.78. The van der Waals surface area contributed by atoms with Crippen molar-refractivity contribution in [3.05, 3.63) is 23.8 Å². The second-order valence-corrected chi connectivity index (χ2v) is 3.79. The Morgan fingerprint density at radius 3 is 3.00 bits per heavy atom. The summed E-state index contributed by atoms with van der Waals surface area (Å²) < 4.78 is 15.5. The van der Waals surface area contributed by atoms with Crippen molar-refractivity contribution in [1.29, 1.82) is 0 Å². The van der Waals surface area contributed by atoms with Crippen LogP contribution in [0.5, 0.6) is 11.5 Å². The third-order valence-electron chi connectivity index (χ3n) is 2.45. The van der Waals surface area contributed by atoms with Crippen LogP contribution in [0, 0.1) is 0 Å². The van der Waals surface area contributed by atoms with E-state index in [0.717, 1.165) is 11.3 Å². The maximum Gasteiger partial charge on any atom is 0.407 e. The average molecular weight is 252 g/mol. The number of benzene rings is 1. The number of hydrogen-bond donors (Lipinski definition) is 2. The molecule has 0 radical (unpaired) electrons. The highest BCUT2D eigenvalue weighted by Gasteiger charge is 2.13. The quantitative estimate of drug-likeness (QED) is 0.761. The lowest BCUT2D eigenvalue weighted by Crippen LogP contribution is -2.30. The van der Waals surface area contributed by atoms with E-state index in [4.69, 9.17) is 14.2 Å². The molecule has 0 spiro atoms. The van der Waals surface area contributed by atoms with E-state index in [2.05, 4.69) is 10.6 Å². The van der Waals surface area contributed by atoms with Gasteiger partial charge in [-0.05, 0) is 24.7 Å². The Morgan fingerprint density at radius 1 is 1.33 bits per heavy atom. The third-order valence-corrected chi connectivity index (χ3v) is 2.45. The van der Waals surface area contributed by atoms with Crippen molar-refractivity contribution < 1.29 is 19.0 Å². The van der Waals surface area contributed by atoms with E-state index in [9.17, 15) is 4.79 Å². The molecule has 1 amide bonds. The molecule has 1 aromatic carbocycles. The zero-order valence-corrected chi connectivity index (χ0v) is 10.2. The van der Waals surface area contributed by atoms with Crippen LogP contribution >= 0.6 is 0 Å². The second kappa shape index (κ2) is 6.11. The molecule has 1 heterocycles. The van der Waals surface area contributed by atoms with Gasteiger partial charge in [0.25, 0.3) is 0 Å². The lowest BCUT2D eigenvalue weighted by molar-refractivity contribution is 0.139. The third kappa shape index (κ3) is 3.27. The fourth-order valence-electron chi connectivity index (χ4n) is 1.52. The maximum absolute atomic E-state index is 11.3. The lowest BCUT2D eigenvalue weighted by atomic mass is 10.2. The van der Waals surface area contributed by atoms with Crippen LogP contribution < -0.4 is 20.1 Å². The van der Waals surface area contributed by atoms with Crippen molar-refractivity contribution in [2.75, 3.05) is 26.9 Å². The van der Waals surface area contributed by atoms with Crippen LogP contribution in [-0.4, -0.2) is 33.0 Å². The zero-order valence-electron chi connectivity index (χ0n) is 10.2. The first-order valence-electron chi connectivity index (χ1n) is 5.73. The summed E-state index contributed by atoms with van der Waals surface area (Å²) in [5, 5.41) is 5.55. The molecule has 0 fully saturated rings. The van der Waals surface area contributed by atoms with Crippen molar-refractivity contribution in [3.8, 4) is 11.5 Å². The van der Waals surface area contributed by atoms with Crippen LogP contribution in [0.15, 0.2) is 18.2 Å². The molecule has 6 heteroatoms. The van der Waals surface area contributed by atoms with E-state index < -0.39 is 6.09 Å². The predicted molar refractivity (Wildman–Crippen MR) is 64.7 cm³/mol. The van der Waals surface area contributed by atoms with Crippen molar-refractivity contribution >= 4 is 6.09 Å². The van der Waals surface area contributed by atoms with E-state index in [-0.39, 0.29) is 13.4 Å². The van der Waals surface area contributed by atoms with Gasteiger partial charge in [0.2, 0.25) is 6.79 Å². The standard InChI is InChI=1S/C12H16N2O4/c1-13-4-5-14-12(15)16-7-9-2-3-10-11(6-9)18-8-17-10/h2-3,6,13H,4-5,7-8H2,1H3,(H,14,15). The summed E-state index contributed by atoms with van der Waals surface area (Å²) >= 11 is 0. The van der Waals surface area contributed by atoms with Gasteiger partial charge >= 0.3 is 6.09 Å². The number of hydrogen-bond acceptors (Lipinski definition) is 5. The summed E-state index contributed by atoms with van der Waals surface area (Å²) in [6.07, 6.45) is -0.428. The van der Waals surface area contributed by atoms with Crippen LogP contribution in [0.2, 0.25) is 0 Å². The summed E-state index contributed by atoms with van der Waals surface area (Å²) in [4.78, 5) is 11.3. The van der Waals surface area contributed by atoms with Gasteiger partial charge in [0.05, 0.1) is 0 Å². The van der Waals surface area contributed by atoms with Crippen LogP contribution in [0.1, 0.15) is 5.56 Å². The van der Waals surface area contributed by atoms with Gasteiger partial charge < -0.3 is 24.8 Å². The summed E-state index contributed by atoms with van der Waals surface area (Å²) in [5.74, 6) is 1.41. The number of fused-ring (bicyclic) bond motifs is 1. The highest BCUT2D eigenvalue weighted by atomic mass is 16.7. The normalized spacial score (nSPS) is 12.3. The van der Waals surface area contributed by atoms with Gasteiger partial charge in [0, 0.05) is 13.1 Å². The molecule has 2 N–H and O–H groups in total. The van der Waals surface area contributed by atoms with Crippen LogP contribution in [0.3, 0.4) is 0 Å². The van der Waals surface area contributed by atoms with Gasteiger partial charge in [-0.15, -0.1) is 0 Å². The Bertz CT molecular complexity index is 423. The van der Waals surface area contributed by atoms with Gasteiger partial charge in [-0.3, -0.25) is 0 Å². The molecule has 18 heavy (non-hydrogen) atoms. The van der Waals surface area contributed by atoms with E-state index >= 15 is 0 Å². The number of ether oxygens (including phenoxy) is 3. The molecule has 98 valence electrons. The van der Waals surface area contributed by atoms with Crippen molar-refractivity contribution in [1.82, 2.24) is 10.6 Å². The summed E-state index contributed by atoms with van der Waals surface area (Å²) in [5.41, 5.74) is 0.864. The van der Waals surface area contributed by atoms with Gasteiger partial charge in [-0.25, -0.2) is 4.79 Å². The SMILES string of the molecule is CNCCNC(=O)OCc1ccc2c(c1)OCO2. The molecule has 0 unspecified atom stereocenters. The van der Waals surface area contributed by atoms with Gasteiger partial charge in [-0.2, -0.15) is 0 Å². The number of amides is 1.